The summed E-state index contributed by atoms with van der Waals surface area (Å²) in [6, 6.07) is 29.4. The minimum Gasteiger partial charge on any atom is -0.494 e. The Kier molecular flexibility index (Phi) is 17.6. The Balaban J connectivity index is 0.909. The Labute approximate surface area is 388 Å². The number of carbonyl (C=O) groups is 6. The van der Waals surface area contributed by atoms with Gasteiger partial charge < -0.3 is 37.9 Å². The predicted molar refractivity (Wildman–Crippen MR) is 245 cm³/mol. The summed E-state index contributed by atoms with van der Waals surface area (Å²) in [4.78, 5) is 74.1. The van der Waals surface area contributed by atoms with E-state index in [1.807, 2.05) is 0 Å². The number of esters is 6. The first-order valence-corrected chi connectivity index (χ1v) is 21.7. The molecule has 6 rings (SSSR count). The lowest BCUT2D eigenvalue weighted by Gasteiger charge is -2.33. The predicted octanol–water partition coefficient (Wildman–Crippen LogP) is 9.67. The highest BCUT2D eigenvalue weighted by molar-refractivity contribution is 5.94. The zero-order chi connectivity index (χ0) is 47.5. The normalized spacial score (nSPS) is 12.3. The van der Waals surface area contributed by atoms with E-state index in [-0.39, 0.29) is 46.6 Å². The monoisotopic (exact) mass is 910 g/mol. The van der Waals surface area contributed by atoms with Crippen LogP contribution in [0.25, 0.3) is 0 Å². The lowest BCUT2D eigenvalue weighted by molar-refractivity contribution is -0.140. The maximum Gasteiger partial charge on any atom is 0.343 e. The van der Waals surface area contributed by atoms with Gasteiger partial charge in [0.25, 0.3) is 0 Å². The van der Waals surface area contributed by atoms with Gasteiger partial charge in [-0.25, -0.2) is 28.8 Å². The molecule has 5 aromatic rings. The standard InChI is InChI=1S/C53H50O14/c1-4-48(54)62-31-7-6-30-60-42-19-11-37(12-20-42)50(56)64-44-23-15-39(16-24-44)52(58)66-46-27-28-47(35(3)33-46)67-53(59)40-17-25-45(26-18-40)65-51(57)38-13-21-43(22-14-38)61-32-29-41(36-9-8-10-36)34-63-49(55)5-2/h4-5,11-28,33,36,41H,1-2,6-10,29-32,34H2,3H3. The van der Waals surface area contributed by atoms with E-state index in [1.54, 1.807) is 61.5 Å². The van der Waals surface area contributed by atoms with Crippen LogP contribution in [0.4, 0.5) is 0 Å². The molecule has 5 aromatic carbocycles. The summed E-state index contributed by atoms with van der Waals surface area (Å²) in [5.41, 5.74) is 1.55. The summed E-state index contributed by atoms with van der Waals surface area (Å²) in [5, 5.41) is 0. The molecule has 14 nitrogen and oxygen atoms in total. The molecule has 0 saturated heterocycles. The molecule has 0 aromatic heterocycles. The van der Waals surface area contributed by atoms with Crippen molar-refractivity contribution in [1.82, 2.24) is 0 Å². The summed E-state index contributed by atoms with van der Waals surface area (Å²) in [6.07, 6.45) is 7.71. The Hall–Kier alpha value is -8.00. The van der Waals surface area contributed by atoms with Gasteiger partial charge in [-0.1, -0.05) is 32.4 Å². The largest absolute Gasteiger partial charge is 0.494 e. The van der Waals surface area contributed by atoms with E-state index in [9.17, 15) is 28.8 Å². The molecule has 0 N–H and O–H groups in total. The number of rotatable bonds is 23. The molecule has 0 aliphatic heterocycles. The van der Waals surface area contributed by atoms with Gasteiger partial charge in [0.15, 0.2) is 0 Å². The number of hydrogen-bond acceptors (Lipinski definition) is 14. The van der Waals surface area contributed by atoms with Crippen molar-refractivity contribution in [3.8, 4) is 34.5 Å². The smallest absolute Gasteiger partial charge is 0.343 e. The van der Waals surface area contributed by atoms with Gasteiger partial charge >= 0.3 is 35.8 Å². The molecule has 1 saturated carbocycles. The van der Waals surface area contributed by atoms with E-state index < -0.39 is 35.8 Å². The number of ether oxygens (including phenoxy) is 8. The lowest BCUT2D eigenvalue weighted by atomic mass is 9.75. The summed E-state index contributed by atoms with van der Waals surface area (Å²) >= 11 is 0. The minimum atomic E-state index is -0.659. The molecule has 14 heteroatoms. The molecule has 1 fully saturated rings. The van der Waals surface area contributed by atoms with E-state index in [0.717, 1.165) is 31.4 Å². The molecular weight excluding hydrogens is 861 g/mol. The molecule has 1 aliphatic rings. The van der Waals surface area contributed by atoms with Gasteiger partial charge in [-0.15, -0.1) is 0 Å². The van der Waals surface area contributed by atoms with Crippen LogP contribution in [0.2, 0.25) is 0 Å². The molecule has 1 atom stereocenters. The van der Waals surface area contributed by atoms with Crippen molar-refractivity contribution in [2.45, 2.75) is 45.4 Å². The van der Waals surface area contributed by atoms with Crippen molar-refractivity contribution in [3.05, 3.63) is 168 Å². The van der Waals surface area contributed by atoms with Crippen LogP contribution in [-0.2, 0) is 19.1 Å². The number of unbranched alkanes of at least 4 members (excludes halogenated alkanes) is 1. The zero-order valence-electron chi connectivity index (χ0n) is 37.0. The quantitative estimate of drug-likeness (QED) is 0.0262. The van der Waals surface area contributed by atoms with Crippen molar-refractivity contribution in [3.63, 3.8) is 0 Å². The number of aryl methyl sites for hydroxylation is 1. The van der Waals surface area contributed by atoms with E-state index in [0.29, 0.717) is 66.8 Å². The van der Waals surface area contributed by atoms with Crippen molar-refractivity contribution in [2.24, 2.45) is 11.8 Å². The molecular formula is C53H50O14. The molecule has 0 bridgehead atoms. The van der Waals surface area contributed by atoms with Gasteiger partial charge in [0.05, 0.1) is 48.7 Å². The van der Waals surface area contributed by atoms with Gasteiger partial charge in [0.1, 0.15) is 34.5 Å². The third kappa shape index (κ3) is 14.8. The van der Waals surface area contributed by atoms with Gasteiger partial charge in [-0.05, 0) is 159 Å². The van der Waals surface area contributed by atoms with Crippen molar-refractivity contribution in [2.75, 3.05) is 26.4 Å². The van der Waals surface area contributed by atoms with Crippen LogP contribution in [0.5, 0.6) is 34.5 Å². The highest BCUT2D eigenvalue weighted by Gasteiger charge is 2.28. The Bertz CT molecular complexity index is 2520. The van der Waals surface area contributed by atoms with Crippen LogP contribution >= 0.6 is 0 Å². The van der Waals surface area contributed by atoms with Crippen LogP contribution in [0.1, 0.15) is 85.5 Å². The molecule has 1 aliphatic carbocycles. The highest BCUT2D eigenvalue weighted by Crippen LogP contribution is 2.35. The van der Waals surface area contributed by atoms with Gasteiger partial charge in [-0.3, -0.25) is 0 Å². The van der Waals surface area contributed by atoms with E-state index in [1.165, 1.54) is 67.1 Å². The van der Waals surface area contributed by atoms with Gasteiger partial charge in [-0.2, -0.15) is 0 Å². The number of benzene rings is 5. The first-order chi connectivity index (χ1) is 32.5. The highest BCUT2D eigenvalue weighted by atomic mass is 16.6. The second-order valence-corrected chi connectivity index (χ2v) is 15.4. The van der Waals surface area contributed by atoms with Crippen LogP contribution in [0, 0.1) is 18.8 Å². The van der Waals surface area contributed by atoms with Crippen LogP contribution in [0.3, 0.4) is 0 Å². The maximum atomic E-state index is 13.0. The SMILES string of the molecule is C=CC(=O)OCCCCOc1ccc(C(=O)Oc2ccc(C(=O)Oc3ccc(OC(=O)c4ccc(OC(=O)c5ccc(OCCC(COC(=O)C=C)C6CCC6)cc5)cc4)c(C)c3)cc2)cc1. The van der Waals surface area contributed by atoms with Gasteiger partial charge in [0.2, 0.25) is 0 Å². The topological polar surface area (TPSA) is 176 Å². The van der Waals surface area contributed by atoms with Crippen molar-refractivity contribution >= 4 is 35.8 Å². The second-order valence-electron chi connectivity index (χ2n) is 15.4. The Morgan fingerprint density at radius 1 is 0.522 bits per heavy atom. The summed E-state index contributed by atoms with van der Waals surface area (Å²) in [5.74, 6) is -0.610. The third-order valence-corrected chi connectivity index (χ3v) is 10.7. The van der Waals surface area contributed by atoms with Crippen molar-refractivity contribution in [1.29, 1.82) is 0 Å². The average Bonchev–Trinajstić information content (AvgIpc) is 3.32. The van der Waals surface area contributed by atoms with E-state index >= 15 is 0 Å². The lowest BCUT2D eigenvalue weighted by Crippen LogP contribution is -2.28. The molecule has 0 amide bonds. The Morgan fingerprint density at radius 2 is 0.940 bits per heavy atom. The molecule has 0 heterocycles. The number of carbonyl (C=O) groups excluding carboxylic acids is 6. The summed E-state index contributed by atoms with van der Waals surface area (Å²) < 4.78 is 43.9. The van der Waals surface area contributed by atoms with Crippen molar-refractivity contribution < 1.29 is 66.7 Å². The molecule has 346 valence electrons. The van der Waals surface area contributed by atoms with Gasteiger partial charge in [0, 0.05) is 12.2 Å². The van der Waals surface area contributed by atoms with Crippen LogP contribution < -0.4 is 28.4 Å². The van der Waals surface area contributed by atoms with Crippen LogP contribution in [-0.4, -0.2) is 62.2 Å². The van der Waals surface area contributed by atoms with E-state index in [4.69, 9.17) is 37.9 Å². The number of hydrogen-bond donors (Lipinski definition) is 0. The van der Waals surface area contributed by atoms with E-state index in [2.05, 4.69) is 13.2 Å². The maximum absolute atomic E-state index is 13.0. The fourth-order valence-electron chi connectivity index (χ4n) is 6.72. The fraction of sp³-hybridized carbons (Fsp3) is 0.245. The Morgan fingerprint density at radius 3 is 1.40 bits per heavy atom. The zero-order valence-corrected chi connectivity index (χ0v) is 37.0. The average molecular weight is 911 g/mol. The molecule has 0 spiro atoms. The van der Waals surface area contributed by atoms with Crippen LogP contribution in [0.15, 0.2) is 141 Å². The minimum absolute atomic E-state index is 0.206. The summed E-state index contributed by atoms with van der Waals surface area (Å²) in [6.45, 7) is 9.95. The molecule has 1 unspecified atom stereocenters. The first-order valence-electron chi connectivity index (χ1n) is 21.7. The molecule has 67 heavy (non-hydrogen) atoms. The molecule has 0 radical (unpaired) electrons. The third-order valence-electron chi connectivity index (χ3n) is 10.7. The second kappa shape index (κ2) is 24.3. The first kappa shape index (κ1) is 48.5. The fourth-order valence-corrected chi connectivity index (χ4v) is 6.72. The summed E-state index contributed by atoms with van der Waals surface area (Å²) in [7, 11) is 0.